The summed E-state index contributed by atoms with van der Waals surface area (Å²) >= 11 is 1.27. The highest BCUT2D eigenvalue weighted by Gasteiger charge is 2.30. The third-order valence-corrected chi connectivity index (χ3v) is 2.92. The Morgan fingerprint density at radius 1 is 1.33 bits per heavy atom. The van der Waals surface area contributed by atoms with Crippen molar-refractivity contribution in [1.29, 1.82) is 0 Å². The quantitative estimate of drug-likeness (QED) is 0.798. The highest BCUT2D eigenvalue weighted by Crippen LogP contribution is 2.29. The molecule has 6 heteroatoms. The van der Waals surface area contributed by atoms with E-state index in [0.29, 0.717) is 5.56 Å². The van der Waals surface area contributed by atoms with Gasteiger partial charge in [-0.15, -0.1) is 11.3 Å². The molecule has 0 spiro atoms. The number of carbonyl (C=O) groups excluding carboxylic acids is 1. The Bertz CT molecular complexity index is 549. The van der Waals surface area contributed by atoms with Gasteiger partial charge in [-0.25, -0.2) is 4.98 Å². The summed E-state index contributed by atoms with van der Waals surface area (Å²) in [4.78, 5) is 15.5. The maximum atomic E-state index is 12.5. The van der Waals surface area contributed by atoms with E-state index < -0.39 is 11.7 Å². The summed E-state index contributed by atoms with van der Waals surface area (Å²) < 4.78 is 37.4. The Morgan fingerprint density at radius 3 is 2.72 bits per heavy atom. The second-order valence-electron chi connectivity index (χ2n) is 3.67. The number of halogens is 3. The fourth-order valence-corrected chi connectivity index (χ4v) is 2.04. The molecule has 2 nitrogen and oxygen atoms in total. The van der Waals surface area contributed by atoms with Crippen LogP contribution >= 0.6 is 11.3 Å². The molecule has 0 bridgehead atoms. The summed E-state index contributed by atoms with van der Waals surface area (Å²) in [5, 5.41) is 1.58. The van der Waals surface area contributed by atoms with Gasteiger partial charge in [0.05, 0.1) is 11.1 Å². The van der Waals surface area contributed by atoms with Gasteiger partial charge in [-0.1, -0.05) is 18.2 Å². The van der Waals surface area contributed by atoms with E-state index in [2.05, 4.69) is 4.98 Å². The molecule has 18 heavy (non-hydrogen) atoms. The summed E-state index contributed by atoms with van der Waals surface area (Å²) in [5.41, 5.74) is 1.39. The van der Waals surface area contributed by atoms with Crippen molar-refractivity contribution in [3.8, 4) is 0 Å². The van der Waals surface area contributed by atoms with Crippen molar-refractivity contribution in [3.63, 3.8) is 0 Å². The van der Waals surface area contributed by atoms with Crippen molar-refractivity contribution in [1.82, 2.24) is 4.98 Å². The number of thiazole rings is 1. The van der Waals surface area contributed by atoms with Crippen LogP contribution in [-0.4, -0.2) is 10.8 Å². The molecule has 0 radical (unpaired) electrons. The zero-order chi connectivity index (χ0) is 13.2. The van der Waals surface area contributed by atoms with Crippen LogP contribution in [0.3, 0.4) is 0 Å². The smallest absolute Gasteiger partial charge is 0.292 e. The Morgan fingerprint density at radius 2 is 2.11 bits per heavy atom. The first-order valence-electron chi connectivity index (χ1n) is 5.04. The lowest BCUT2D eigenvalue weighted by atomic mass is 10.0. The Balaban J connectivity index is 2.18. The van der Waals surface area contributed by atoms with Crippen LogP contribution in [0, 0.1) is 0 Å². The molecule has 94 valence electrons. The second kappa shape index (κ2) is 4.89. The number of hydrogen-bond donors (Lipinski definition) is 0. The van der Waals surface area contributed by atoms with Crippen LogP contribution in [0.25, 0.3) is 0 Å². The molecule has 0 aliphatic heterocycles. The molecule has 1 aromatic heterocycles. The molecule has 0 unspecified atom stereocenters. The standard InChI is InChI=1S/C12H8F3NOS/c13-12(14,15)9-3-1-2-8(4-9)5-11(17)10-6-18-7-16-10/h1-4,6-7H,5H2. The van der Waals surface area contributed by atoms with E-state index in [0.717, 1.165) is 12.1 Å². The fraction of sp³-hybridized carbons (Fsp3) is 0.167. The van der Waals surface area contributed by atoms with Crippen molar-refractivity contribution < 1.29 is 18.0 Å². The molecular weight excluding hydrogens is 263 g/mol. The van der Waals surface area contributed by atoms with Gasteiger partial charge in [-0.2, -0.15) is 13.2 Å². The highest BCUT2D eigenvalue weighted by molar-refractivity contribution is 7.07. The number of benzene rings is 1. The first-order valence-corrected chi connectivity index (χ1v) is 5.98. The largest absolute Gasteiger partial charge is 0.416 e. The van der Waals surface area contributed by atoms with Gasteiger partial charge in [0, 0.05) is 11.8 Å². The molecule has 1 aromatic carbocycles. The minimum atomic E-state index is -4.39. The molecule has 2 aromatic rings. The summed E-state index contributed by atoms with van der Waals surface area (Å²) in [7, 11) is 0. The van der Waals surface area contributed by atoms with E-state index in [1.165, 1.54) is 29.0 Å². The molecule has 0 amide bonds. The third kappa shape index (κ3) is 2.95. The minimum absolute atomic E-state index is 0.0757. The van der Waals surface area contributed by atoms with E-state index in [4.69, 9.17) is 0 Å². The number of ketones is 1. The summed E-state index contributed by atoms with van der Waals surface area (Å²) in [6.07, 6.45) is -4.46. The Kier molecular flexibility index (Phi) is 3.47. The average Bonchev–Trinajstić information content (AvgIpc) is 2.81. The molecule has 0 aliphatic carbocycles. The molecular formula is C12H8F3NOS. The number of nitrogens with zero attached hydrogens (tertiary/aromatic N) is 1. The van der Waals surface area contributed by atoms with E-state index in [1.807, 2.05) is 0 Å². The third-order valence-electron chi connectivity index (χ3n) is 2.34. The number of rotatable bonds is 3. The highest BCUT2D eigenvalue weighted by atomic mass is 32.1. The number of aromatic nitrogens is 1. The fourth-order valence-electron chi connectivity index (χ4n) is 1.48. The zero-order valence-corrected chi connectivity index (χ0v) is 9.89. The lowest BCUT2D eigenvalue weighted by Gasteiger charge is -2.07. The number of alkyl halides is 3. The second-order valence-corrected chi connectivity index (χ2v) is 4.39. The molecule has 0 saturated carbocycles. The Labute approximate surface area is 105 Å². The maximum absolute atomic E-state index is 12.5. The Hall–Kier alpha value is -1.69. The van der Waals surface area contributed by atoms with E-state index >= 15 is 0 Å². The van der Waals surface area contributed by atoms with Crippen molar-refractivity contribution in [2.24, 2.45) is 0 Å². The minimum Gasteiger partial charge on any atom is -0.292 e. The van der Waals surface area contributed by atoms with Crippen LogP contribution in [0.2, 0.25) is 0 Å². The lowest BCUT2D eigenvalue weighted by Crippen LogP contribution is -2.08. The van der Waals surface area contributed by atoms with Gasteiger partial charge in [-0.05, 0) is 11.6 Å². The predicted molar refractivity (Wildman–Crippen MR) is 61.6 cm³/mol. The van der Waals surface area contributed by atoms with Gasteiger partial charge < -0.3 is 0 Å². The van der Waals surface area contributed by atoms with E-state index in [1.54, 1.807) is 5.38 Å². The van der Waals surface area contributed by atoms with Crippen LogP contribution in [-0.2, 0) is 12.6 Å². The molecule has 0 atom stereocenters. The molecule has 0 aliphatic rings. The van der Waals surface area contributed by atoms with Crippen molar-refractivity contribution in [2.75, 3.05) is 0 Å². The van der Waals surface area contributed by atoms with Crippen molar-refractivity contribution in [2.45, 2.75) is 12.6 Å². The van der Waals surface area contributed by atoms with Crippen LogP contribution < -0.4 is 0 Å². The number of carbonyl (C=O) groups is 1. The molecule has 0 N–H and O–H groups in total. The maximum Gasteiger partial charge on any atom is 0.416 e. The molecule has 0 saturated heterocycles. The van der Waals surface area contributed by atoms with Crippen LogP contribution in [0.4, 0.5) is 13.2 Å². The van der Waals surface area contributed by atoms with Gasteiger partial charge in [0.2, 0.25) is 0 Å². The zero-order valence-electron chi connectivity index (χ0n) is 9.07. The van der Waals surface area contributed by atoms with Crippen molar-refractivity contribution in [3.05, 3.63) is 52.0 Å². The summed E-state index contributed by atoms with van der Waals surface area (Å²) in [5.74, 6) is -0.282. The van der Waals surface area contributed by atoms with Gasteiger partial charge in [-0.3, -0.25) is 4.79 Å². The monoisotopic (exact) mass is 271 g/mol. The van der Waals surface area contributed by atoms with Crippen LogP contribution in [0.1, 0.15) is 21.6 Å². The number of Topliss-reactive ketones (excluding diaryl/α,β-unsaturated/α-hetero) is 1. The topological polar surface area (TPSA) is 30.0 Å². The van der Waals surface area contributed by atoms with Crippen molar-refractivity contribution >= 4 is 17.1 Å². The van der Waals surface area contributed by atoms with E-state index in [-0.39, 0.29) is 17.9 Å². The lowest BCUT2D eigenvalue weighted by molar-refractivity contribution is -0.137. The van der Waals surface area contributed by atoms with Crippen LogP contribution in [0.5, 0.6) is 0 Å². The first kappa shape index (κ1) is 12.8. The van der Waals surface area contributed by atoms with E-state index in [9.17, 15) is 18.0 Å². The first-order chi connectivity index (χ1) is 8.47. The summed E-state index contributed by atoms with van der Waals surface area (Å²) in [6, 6.07) is 4.77. The molecule has 0 fully saturated rings. The molecule has 2 rings (SSSR count). The SMILES string of the molecule is O=C(Cc1cccc(C(F)(F)F)c1)c1cscn1. The normalized spacial score (nSPS) is 11.5. The summed E-state index contributed by atoms with van der Waals surface area (Å²) in [6.45, 7) is 0. The van der Waals surface area contributed by atoms with Gasteiger partial charge >= 0.3 is 6.18 Å². The number of hydrogen-bond acceptors (Lipinski definition) is 3. The van der Waals surface area contributed by atoms with Gasteiger partial charge in [0.25, 0.3) is 0 Å². The van der Waals surface area contributed by atoms with Gasteiger partial charge in [0.15, 0.2) is 5.78 Å². The predicted octanol–water partition coefficient (Wildman–Crippen LogP) is 3.59. The van der Waals surface area contributed by atoms with Gasteiger partial charge in [0.1, 0.15) is 5.69 Å². The van der Waals surface area contributed by atoms with Crippen LogP contribution in [0.15, 0.2) is 35.2 Å². The molecule has 1 heterocycles. The average molecular weight is 271 g/mol.